The number of aliphatic carboxylic acids is 1. The number of carboxylic acids is 1. The molecular weight excluding hydrogens is 213 g/mol. The molecule has 0 fully saturated rings. The average molecular weight is 225 g/mol. The molecular formula is C11H12FNO3. The fourth-order valence-corrected chi connectivity index (χ4v) is 1.37. The molecule has 5 heteroatoms. The Hall–Kier alpha value is -1.91. The van der Waals surface area contributed by atoms with E-state index < -0.39 is 17.3 Å². The molecule has 0 aliphatic rings. The molecule has 1 atom stereocenters. The molecule has 16 heavy (non-hydrogen) atoms. The molecule has 0 aliphatic heterocycles. The summed E-state index contributed by atoms with van der Waals surface area (Å²) in [6, 6.07) is 5.20. The Morgan fingerprint density at radius 1 is 1.56 bits per heavy atom. The highest BCUT2D eigenvalue weighted by Gasteiger charge is 2.39. The second-order valence-electron chi connectivity index (χ2n) is 3.60. The summed E-state index contributed by atoms with van der Waals surface area (Å²) in [7, 11) is 1.34. The molecule has 4 nitrogen and oxygen atoms in total. The van der Waals surface area contributed by atoms with Gasteiger partial charge in [0, 0.05) is 7.05 Å². The zero-order chi connectivity index (χ0) is 12.3. The lowest BCUT2D eigenvalue weighted by Crippen LogP contribution is -2.47. The number of amides is 1. The zero-order valence-corrected chi connectivity index (χ0v) is 8.98. The van der Waals surface area contributed by atoms with Gasteiger partial charge < -0.3 is 10.0 Å². The molecule has 1 rings (SSSR count). The number of hydrogen-bond acceptors (Lipinski definition) is 2. The summed E-state index contributed by atoms with van der Waals surface area (Å²) in [5, 5.41) is 9.16. The van der Waals surface area contributed by atoms with E-state index in [2.05, 4.69) is 0 Å². The minimum absolute atomic E-state index is 0.217. The van der Waals surface area contributed by atoms with Crippen LogP contribution in [0.2, 0.25) is 0 Å². The van der Waals surface area contributed by atoms with E-state index in [-0.39, 0.29) is 5.56 Å². The second-order valence-corrected chi connectivity index (χ2v) is 3.60. The van der Waals surface area contributed by atoms with Crippen molar-refractivity contribution < 1.29 is 19.1 Å². The highest BCUT2D eigenvalue weighted by Crippen LogP contribution is 2.26. The van der Waals surface area contributed by atoms with Crippen molar-refractivity contribution in [1.29, 1.82) is 0 Å². The normalized spacial score (nSPS) is 13.9. The Kier molecular flexibility index (Phi) is 3.27. The number of hydrogen-bond donors (Lipinski definition) is 1. The molecule has 0 heterocycles. The number of carbonyl (C=O) groups excluding carboxylic acids is 1. The van der Waals surface area contributed by atoms with Crippen molar-refractivity contribution in [2.45, 2.75) is 12.5 Å². The molecule has 0 aliphatic carbocycles. The lowest BCUT2D eigenvalue weighted by atomic mass is 9.91. The molecule has 1 aromatic carbocycles. The lowest BCUT2D eigenvalue weighted by Gasteiger charge is -2.32. The van der Waals surface area contributed by atoms with Crippen LogP contribution in [0.5, 0.6) is 0 Å². The maximum atomic E-state index is 13.0. The van der Waals surface area contributed by atoms with E-state index >= 15 is 0 Å². The first-order valence-electron chi connectivity index (χ1n) is 4.60. The molecule has 0 saturated carbocycles. The van der Waals surface area contributed by atoms with Gasteiger partial charge in [0.05, 0.1) is 0 Å². The number of halogens is 1. The first-order valence-corrected chi connectivity index (χ1v) is 4.60. The fourth-order valence-electron chi connectivity index (χ4n) is 1.37. The third kappa shape index (κ3) is 1.88. The van der Waals surface area contributed by atoms with E-state index in [4.69, 9.17) is 5.11 Å². The largest absolute Gasteiger partial charge is 0.479 e. The van der Waals surface area contributed by atoms with E-state index in [1.807, 2.05) is 0 Å². The summed E-state index contributed by atoms with van der Waals surface area (Å²) in [6.45, 7) is 1.35. The summed E-state index contributed by atoms with van der Waals surface area (Å²) in [5.41, 5.74) is -1.35. The van der Waals surface area contributed by atoms with Gasteiger partial charge in [-0.05, 0) is 24.6 Å². The van der Waals surface area contributed by atoms with Crippen LogP contribution in [0.25, 0.3) is 0 Å². The summed E-state index contributed by atoms with van der Waals surface area (Å²) in [6.07, 6.45) is 0.402. The maximum Gasteiger partial charge on any atom is 0.334 e. The van der Waals surface area contributed by atoms with Gasteiger partial charge in [0.1, 0.15) is 5.82 Å². The third-order valence-corrected chi connectivity index (χ3v) is 2.67. The number of rotatable bonds is 4. The Morgan fingerprint density at radius 3 is 2.62 bits per heavy atom. The van der Waals surface area contributed by atoms with E-state index in [9.17, 15) is 14.0 Å². The smallest absolute Gasteiger partial charge is 0.334 e. The molecule has 0 aromatic heterocycles. The fraction of sp³-hybridized carbons (Fsp3) is 0.273. The Morgan fingerprint density at radius 2 is 2.19 bits per heavy atom. The van der Waals surface area contributed by atoms with E-state index in [1.54, 1.807) is 0 Å². The number of benzene rings is 1. The summed E-state index contributed by atoms with van der Waals surface area (Å²) < 4.78 is 13.0. The van der Waals surface area contributed by atoms with Crippen molar-refractivity contribution >= 4 is 12.4 Å². The zero-order valence-electron chi connectivity index (χ0n) is 8.98. The Balaban J connectivity index is 3.32. The molecule has 1 amide bonds. The summed E-state index contributed by atoms with van der Waals surface area (Å²) >= 11 is 0. The van der Waals surface area contributed by atoms with Gasteiger partial charge in [0.25, 0.3) is 0 Å². The van der Waals surface area contributed by atoms with Gasteiger partial charge in [0.15, 0.2) is 5.54 Å². The van der Waals surface area contributed by atoms with Crippen LogP contribution >= 0.6 is 0 Å². The number of carboxylic acid groups (broad SMARTS) is 1. The second kappa shape index (κ2) is 4.30. The third-order valence-electron chi connectivity index (χ3n) is 2.67. The molecule has 0 saturated heterocycles. The monoisotopic (exact) mass is 225 g/mol. The minimum Gasteiger partial charge on any atom is -0.479 e. The highest BCUT2D eigenvalue weighted by molar-refractivity contribution is 5.82. The van der Waals surface area contributed by atoms with Crippen LogP contribution < -0.4 is 0 Å². The Bertz CT molecular complexity index is 421. The van der Waals surface area contributed by atoms with Gasteiger partial charge in [-0.2, -0.15) is 0 Å². The predicted molar refractivity (Wildman–Crippen MR) is 55.2 cm³/mol. The van der Waals surface area contributed by atoms with Crippen LogP contribution in [0.1, 0.15) is 12.5 Å². The lowest BCUT2D eigenvalue weighted by molar-refractivity contribution is -0.153. The first kappa shape index (κ1) is 12.2. The van der Waals surface area contributed by atoms with Crippen LogP contribution in [0, 0.1) is 5.82 Å². The minimum atomic E-state index is -1.57. The first-order chi connectivity index (χ1) is 7.42. The van der Waals surface area contributed by atoms with Crippen molar-refractivity contribution in [2.75, 3.05) is 7.05 Å². The molecule has 0 bridgehead atoms. The van der Waals surface area contributed by atoms with Crippen molar-refractivity contribution in [3.8, 4) is 0 Å². The van der Waals surface area contributed by atoms with E-state index in [0.29, 0.717) is 6.41 Å². The maximum absolute atomic E-state index is 13.0. The van der Waals surface area contributed by atoms with Gasteiger partial charge in [-0.15, -0.1) is 0 Å². The summed E-state index contributed by atoms with van der Waals surface area (Å²) in [5.74, 6) is -1.75. The molecule has 1 aromatic rings. The van der Waals surface area contributed by atoms with Crippen LogP contribution in [-0.4, -0.2) is 29.4 Å². The van der Waals surface area contributed by atoms with Gasteiger partial charge in [-0.3, -0.25) is 4.79 Å². The van der Waals surface area contributed by atoms with E-state index in [1.165, 1.54) is 32.2 Å². The topological polar surface area (TPSA) is 57.6 Å². The molecule has 1 unspecified atom stereocenters. The van der Waals surface area contributed by atoms with Crippen molar-refractivity contribution in [3.05, 3.63) is 35.6 Å². The predicted octanol–water partition coefficient (Wildman–Crippen LogP) is 1.21. The van der Waals surface area contributed by atoms with E-state index in [0.717, 1.165) is 11.0 Å². The van der Waals surface area contributed by atoms with Crippen LogP contribution in [-0.2, 0) is 15.1 Å². The number of carbonyl (C=O) groups is 2. The van der Waals surface area contributed by atoms with Crippen LogP contribution in [0.15, 0.2) is 24.3 Å². The van der Waals surface area contributed by atoms with Crippen molar-refractivity contribution in [2.24, 2.45) is 0 Å². The standard InChI is InChI=1S/C11H12FNO3/c1-11(10(15)16,13(2)7-14)8-4-3-5-9(12)6-8/h3-7H,1-2H3,(H,15,16). The van der Waals surface area contributed by atoms with Crippen molar-refractivity contribution in [3.63, 3.8) is 0 Å². The quantitative estimate of drug-likeness (QED) is 0.783. The number of likely N-dealkylation sites (N-methyl/N-ethyl adjacent to an activating group) is 1. The molecule has 1 N–H and O–H groups in total. The van der Waals surface area contributed by atoms with Crippen LogP contribution in [0.3, 0.4) is 0 Å². The summed E-state index contributed by atoms with van der Waals surface area (Å²) in [4.78, 5) is 22.9. The molecule has 0 radical (unpaired) electrons. The van der Waals surface area contributed by atoms with Gasteiger partial charge in [-0.25, -0.2) is 9.18 Å². The Labute approximate surface area is 92.3 Å². The number of nitrogens with zero attached hydrogens (tertiary/aromatic N) is 1. The van der Waals surface area contributed by atoms with Crippen LogP contribution in [0.4, 0.5) is 4.39 Å². The van der Waals surface area contributed by atoms with Gasteiger partial charge in [0.2, 0.25) is 6.41 Å². The SMILES string of the molecule is CN(C=O)C(C)(C(=O)O)c1cccc(F)c1. The molecule has 86 valence electrons. The molecule has 0 spiro atoms. The van der Waals surface area contributed by atoms with Crippen molar-refractivity contribution in [1.82, 2.24) is 4.90 Å². The average Bonchev–Trinajstić information content (AvgIpc) is 2.26. The van der Waals surface area contributed by atoms with Gasteiger partial charge in [-0.1, -0.05) is 12.1 Å². The highest BCUT2D eigenvalue weighted by atomic mass is 19.1. The van der Waals surface area contributed by atoms with Gasteiger partial charge >= 0.3 is 5.97 Å².